The molecule has 3 aliphatic carbocycles. The van der Waals surface area contributed by atoms with Crippen LogP contribution in [0.25, 0.3) is 11.1 Å². The molecule has 2 aromatic rings. The summed E-state index contributed by atoms with van der Waals surface area (Å²) in [6.45, 7) is 8.14. The van der Waals surface area contributed by atoms with Crippen LogP contribution in [0.5, 0.6) is 5.75 Å². The molecule has 0 unspecified atom stereocenters. The van der Waals surface area contributed by atoms with Crippen molar-refractivity contribution in [2.24, 2.45) is 23.2 Å². The van der Waals surface area contributed by atoms with E-state index < -0.39 is 24.2 Å². The van der Waals surface area contributed by atoms with Crippen molar-refractivity contribution in [3.8, 4) is 16.9 Å². The summed E-state index contributed by atoms with van der Waals surface area (Å²) in [5.74, 6) is 0.100. The number of hydroxylamine groups is 4. The van der Waals surface area contributed by atoms with Crippen molar-refractivity contribution in [3.63, 3.8) is 0 Å². The van der Waals surface area contributed by atoms with Gasteiger partial charge in [-0.3, -0.25) is 19.3 Å². The number of hydrogen-bond acceptors (Lipinski definition) is 9. The number of para-hydroxylation sites is 1. The Labute approximate surface area is 278 Å². The largest absolute Gasteiger partial charge is 0.496 e. The Bertz CT molecular complexity index is 1520. The Balaban J connectivity index is 1.49. The van der Waals surface area contributed by atoms with Gasteiger partial charge in [0.25, 0.3) is 5.91 Å². The van der Waals surface area contributed by atoms with E-state index in [-0.39, 0.29) is 42.3 Å². The van der Waals surface area contributed by atoms with Crippen molar-refractivity contribution >= 4 is 17.5 Å². The van der Waals surface area contributed by atoms with Crippen LogP contribution in [0, 0.1) is 23.2 Å². The second-order valence-electron chi connectivity index (χ2n) is 13.9. The summed E-state index contributed by atoms with van der Waals surface area (Å²) in [6.07, 6.45) is 1.58. The molecule has 1 heterocycles. The molecular weight excluding hydrogens is 600 g/mol. The Morgan fingerprint density at radius 3 is 2.47 bits per heavy atom. The number of anilines is 1. The number of nitrogens with zero attached hydrogens (tertiary/aromatic N) is 3. The van der Waals surface area contributed by atoms with E-state index in [9.17, 15) is 19.8 Å². The van der Waals surface area contributed by atoms with Crippen molar-refractivity contribution in [1.82, 2.24) is 15.4 Å². The van der Waals surface area contributed by atoms with Gasteiger partial charge in [0.2, 0.25) is 5.91 Å². The Morgan fingerprint density at radius 1 is 1.17 bits per heavy atom. The van der Waals surface area contributed by atoms with Gasteiger partial charge >= 0.3 is 0 Å². The summed E-state index contributed by atoms with van der Waals surface area (Å²) in [6, 6.07) is 10.3. The van der Waals surface area contributed by atoms with E-state index >= 15 is 0 Å². The number of amides is 2. The minimum absolute atomic E-state index is 0.121. The molecule has 0 spiro atoms. The van der Waals surface area contributed by atoms with Gasteiger partial charge < -0.3 is 25.2 Å². The van der Waals surface area contributed by atoms with E-state index in [1.54, 1.807) is 38.3 Å². The molecule has 47 heavy (non-hydrogen) atoms. The number of methoxy groups -OCH3 is 1. The number of ether oxygens (including phenoxy) is 1. The maximum atomic E-state index is 14.1. The summed E-state index contributed by atoms with van der Waals surface area (Å²) in [5, 5.41) is 27.1. The van der Waals surface area contributed by atoms with Crippen LogP contribution in [-0.4, -0.2) is 98.4 Å². The van der Waals surface area contributed by atoms with E-state index in [1.165, 1.54) is 17.7 Å². The summed E-state index contributed by atoms with van der Waals surface area (Å²) in [7, 11) is 8.39. The fourth-order valence-electron chi connectivity index (χ4n) is 7.66. The number of hydrogen-bond donors (Lipinski definition) is 3. The third-order valence-electron chi connectivity index (χ3n) is 10.6. The van der Waals surface area contributed by atoms with Gasteiger partial charge in [0.15, 0.2) is 0 Å². The minimum atomic E-state index is -0.912. The molecule has 256 valence electrons. The van der Waals surface area contributed by atoms with Crippen molar-refractivity contribution in [2.45, 2.75) is 65.0 Å². The van der Waals surface area contributed by atoms with Crippen molar-refractivity contribution < 1.29 is 34.2 Å². The van der Waals surface area contributed by atoms with E-state index in [4.69, 9.17) is 14.4 Å². The fraction of sp³-hybridized carbons (Fsp3) is 0.556. The molecule has 1 saturated heterocycles. The second-order valence-corrected chi connectivity index (χ2v) is 13.9. The number of carbonyl (C=O) groups is 2. The van der Waals surface area contributed by atoms with Gasteiger partial charge in [-0.05, 0) is 54.4 Å². The van der Waals surface area contributed by atoms with E-state index in [0.29, 0.717) is 17.2 Å². The van der Waals surface area contributed by atoms with E-state index in [2.05, 4.69) is 32.2 Å². The molecule has 2 fully saturated rings. The average Bonchev–Trinajstić information content (AvgIpc) is 3.42. The predicted octanol–water partition coefficient (Wildman–Crippen LogP) is 3.64. The second kappa shape index (κ2) is 13.6. The smallest absolute Gasteiger partial charge is 0.277 e. The summed E-state index contributed by atoms with van der Waals surface area (Å²) >= 11 is 0. The predicted molar refractivity (Wildman–Crippen MR) is 179 cm³/mol. The number of allylic oxidation sites excluding steroid dienone is 1. The van der Waals surface area contributed by atoms with Crippen LogP contribution in [0.1, 0.15) is 50.0 Å². The Hall–Kier alpha value is -3.48. The monoisotopic (exact) mass is 650 g/mol. The zero-order chi connectivity index (χ0) is 34.4. The van der Waals surface area contributed by atoms with Crippen LogP contribution < -0.4 is 15.0 Å². The highest BCUT2D eigenvalue weighted by Gasteiger charge is 2.53. The Morgan fingerprint density at radius 2 is 1.89 bits per heavy atom. The molecule has 1 aliphatic heterocycles. The summed E-state index contributed by atoms with van der Waals surface area (Å²) in [5.41, 5.74) is 5.02. The first-order valence-corrected chi connectivity index (χ1v) is 16.3. The number of aliphatic hydroxyl groups is 2. The highest BCUT2D eigenvalue weighted by Crippen LogP contribution is 2.58. The van der Waals surface area contributed by atoms with Crippen LogP contribution in [-0.2, 0) is 21.0 Å². The van der Waals surface area contributed by atoms with E-state index in [1.807, 2.05) is 43.3 Å². The molecule has 2 aromatic carbocycles. The highest BCUT2D eigenvalue weighted by molar-refractivity contribution is 5.96. The topological polar surface area (TPSA) is 124 Å². The minimum Gasteiger partial charge on any atom is -0.496 e. The molecule has 0 aromatic heterocycles. The molecular formula is C36H50N4O7. The fourth-order valence-corrected chi connectivity index (χ4v) is 7.66. The molecule has 7 atom stereocenters. The third-order valence-corrected chi connectivity index (χ3v) is 10.6. The van der Waals surface area contributed by atoms with Crippen LogP contribution in [0.2, 0.25) is 0 Å². The van der Waals surface area contributed by atoms with Crippen LogP contribution in [0.3, 0.4) is 0 Å². The number of rotatable bonds is 11. The molecule has 11 nitrogen and oxygen atoms in total. The Kier molecular flexibility index (Phi) is 10.1. The normalized spacial score (nSPS) is 27.0. The lowest BCUT2D eigenvalue weighted by molar-refractivity contribution is -0.182. The maximum Gasteiger partial charge on any atom is 0.277 e. The van der Waals surface area contributed by atoms with Gasteiger partial charge in [0.1, 0.15) is 17.9 Å². The van der Waals surface area contributed by atoms with Crippen molar-refractivity contribution in [3.05, 3.63) is 59.2 Å². The zero-order valence-corrected chi connectivity index (χ0v) is 29.0. The van der Waals surface area contributed by atoms with Gasteiger partial charge in [-0.1, -0.05) is 50.6 Å². The van der Waals surface area contributed by atoms with Crippen LogP contribution in [0.15, 0.2) is 48.0 Å². The quantitative estimate of drug-likeness (QED) is 0.247. The number of carbonyl (C=O) groups excluding carboxylic acids is 2. The average molecular weight is 651 g/mol. The number of benzene rings is 2. The zero-order valence-electron chi connectivity index (χ0n) is 29.0. The number of aliphatic hydroxyl groups excluding tert-OH is 2. The van der Waals surface area contributed by atoms with E-state index in [0.717, 1.165) is 28.8 Å². The van der Waals surface area contributed by atoms with Gasteiger partial charge in [0.05, 0.1) is 39.5 Å². The first-order valence-electron chi connectivity index (χ1n) is 16.3. The lowest BCUT2D eigenvalue weighted by Gasteiger charge is -2.56. The molecule has 1 saturated carbocycles. The molecule has 0 radical (unpaired) electrons. The van der Waals surface area contributed by atoms with Gasteiger partial charge in [0, 0.05) is 49.4 Å². The van der Waals surface area contributed by atoms with Crippen LogP contribution in [0.4, 0.5) is 5.69 Å². The van der Waals surface area contributed by atoms with Crippen molar-refractivity contribution in [2.75, 3.05) is 46.9 Å². The SMILES string of the molecule is COc1c(CN2O[C@@H](CO)[C@@H]([C@H](C)O)[C@H]2C(=O)N[C@H]2C=C3C[C@@H]([C@@H]2C)C3(C)C)cccc1-c1cc(C(=O)N(C)OC)cc(N(C)C)c1. The first kappa shape index (κ1) is 34.8. The molecule has 2 bridgehead atoms. The lowest BCUT2D eigenvalue weighted by atomic mass is 9.50. The molecule has 4 aliphatic rings. The van der Waals surface area contributed by atoms with Gasteiger partial charge in [-0.25, -0.2) is 5.06 Å². The summed E-state index contributed by atoms with van der Waals surface area (Å²) < 4.78 is 5.98. The third kappa shape index (κ3) is 6.39. The number of nitrogens with one attached hydrogen (secondary N) is 1. The first-order chi connectivity index (χ1) is 22.2. The maximum absolute atomic E-state index is 14.1. The number of fused-ring (bicyclic) bond motifs is 2. The van der Waals surface area contributed by atoms with Gasteiger partial charge in [-0.15, -0.1) is 0 Å². The molecule has 3 N–H and O–H groups in total. The lowest BCUT2D eigenvalue weighted by Crippen LogP contribution is -2.57. The standard InChI is InChI=1S/C36H50N4O7/c1-20-28-16-25(36(28,3)4)17-29(20)37-34(43)32-31(21(2)42)30(19-41)47-40(32)18-22-11-10-12-27(33(22)45-8)23-13-24(35(44)39(7)46-9)15-26(14-23)38(5)6/h10-15,17,20-21,28-32,41-42H,16,18-19H2,1-9H3,(H,37,43)/t20-,21-,28-,29-,30-,31+,32-/m0/s1. The van der Waals surface area contributed by atoms with Crippen molar-refractivity contribution in [1.29, 1.82) is 0 Å². The van der Waals surface area contributed by atoms with Gasteiger partial charge in [-0.2, -0.15) is 5.06 Å². The summed E-state index contributed by atoms with van der Waals surface area (Å²) in [4.78, 5) is 40.5. The highest BCUT2D eigenvalue weighted by atomic mass is 16.7. The molecule has 2 amide bonds. The molecule has 6 rings (SSSR count). The molecule has 11 heteroatoms. The van der Waals surface area contributed by atoms with Crippen LogP contribution >= 0.6 is 0 Å².